The third-order valence-electron chi connectivity index (χ3n) is 3.49. The molecule has 0 bridgehead atoms. The molecular formula is C10H19O4. The molecule has 1 unspecified atom stereocenters. The van der Waals surface area contributed by atoms with Crippen LogP contribution in [0.2, 0.25) is 0 Å². The Hall–Kier alpha value is -0.160. The topological polar surface area (TPSA) is 80.9 Å². The summed E-state index contributed by atoms with van der Waals surface area (Å²) in [6.45, 7) is -0.572. The smallest absolute Gasteiger partial charge is 0.0519 e. The monoisotopic (exact) mass is 203 g/mol. The van der Waals surface area contributed by atoms with Gasteiger partial charge in [0, 0.05) is 17.9 Å². The molecule has 0 aromatic carbocycles. The predicted molar refractivity (Wildman–Crippen MR) is 51.4 cm³/mol. The van der Waals surface area contributed by atoms with Gasteiger partial charge in [0.05, 0.1) is 19.8 Å². The van der Waals surface area contributed by atoms with Crippen LogP contribution >= 0.6 is 0 Å². The minimum Gasteiger partial charge on any atom is -0.396 e. The lowest BCUT2D eigenvalue weighted by molar-refractivity contribution is -0.0373. The van der Waals surface area contributed by atoms with Gasteiger partial charge in [-0.25, -0.2) is 0 Å². The van der Waals surface area contributed by atoms with Crippen LogP contribution in [0.3, 0.4) is 0 Å². The second-order valence-corrected chi connectivity index (χ2v) is 4.01. The molecule has 1 aliphatic rings. The fourth-order valence-corrected chi connectivity index (χ4v) is 2.41. The third kappa shape index (κ3) is 1.80. The van der Waals surface area contributed by atoms with Gasteiger partial charge in [-0.05, 0) is 18.8 Å². The molecule has 0 aliphatic heterocycles. The van der Waals surface area contributed by atoms with Gasteiger partial charge in [0.15, 0.2) is 0 Å². The van der Waals surface area contributed by atoms with Gasteiger partial charge in [0.25, 0.3) is 0 Å². The Morgan fingerprint density at radius 2 is 1.79 bits per heavy atom. The highest BCUT2D eigenvalue weighted by Crippen LogP contribution is 2.45. The second kappa shape index (κ2) is 5.07. The molecule has 0 aromatic rings. The maximum atomic E-state index is 9.34. The fourth-order valence-electron chi connectivity index (χ4n) is 2.41. The first-order valence-corrected chi connectivity index (χ1v) is 5.03. The van der Waals surface area contributed by atoms with E-state index in [1.165, 1.54) is 0 Å². The van der Waals surface area contributed by atoms with Gasteiger partial charge < -0.3 is 20.4 Å². The SMILES string of the molecule is OC[C]1CCCC(CO)C1(CO)CO. The van der Waals surface area contributed by atoms with Crippen molar-refractivity contribution in [1.82, 2.24) is 0 Å². The average molecular weight is 203 g/mol. The molecule has 0 spiro atoms. The van der Waals surface area contributed by atoms with Crippen molar-refractivity contribution >= 4 is 0 Å². The van der Waals surface area contributed by atoms with Crippen LogP contribution in [-0.2, 0) is 0 Å². The Balaban J connectivity index is 2.86. The average Bonchev–Trinajstić information content (AvgIpc) is 2.27. The van der Waals surface area contributed by atoms with E-state index in [1.807, 2.05) is 0 Å². The minimum absolute atomic E-state index is 0.0510. The van der Waals surface area contributed by atoms with Crippen LogP contribution < -0.4 is 0 Å². The molecular weight excluding hydrogens is 184 g/mol. The number of hydrogen-bond donors (Lipinski definition) is 4. The van der Waals surface area contributed by atoms with Crippen LogP contribution in [0.1, 0.15) is 19.3 Å². The van der Waals surface area contributed by atoms with E-state index in [-0.39, 0.29) is 32.3 Å². The van der Waals surface area contributed by atoms with Gasteiger partial charge >= 0.3 is 0 Å². The highest BCUT2D eigenvalue weighted by Gasteiger charge is 2.46. The summed E-state index contributed by atoms with van der Waals surface area (Å²) in [4.78, 5) is 0. The normalized spacial score (nSPS) is 27.9. The quantitative estimate of drug-likeness (QED) is 0.488. The lowest BCUT2D eigenvalue weighted by Gasteiger charge is -2.46. The standard InChI is InChI=1S/C10H19O4/c11-4-8-2-1-3-9(5-12)10(8,6-13)7-14/h8,11-14H,1-7H2. The molecule has 1 saturated carbocycles. The molecule has 0 heterocycles. The fraction of sp³-hybridized carbons (Fsp3) is 0.900. The molecule has 1 radical (unpaired) electrons. The molecule has 4 N–H and O–H groups in total. The lowest BCUT2D eigenvalue weighted by Crippen LogP contribution is -2.48. The zero-order valence-electron chi connectivity index (χ0n) is 8.32. The molecule has 0 saturated heterocycles. The first-order valence-electron chi connectivity index (χ1n) is 5.03. The Bertz CT molecular complexity index is 154. The van der Waals surface area contributed by atoms with Crippen molar-refractivity contribution < 1.29 is 20.4 Å². The summed E-state index contributed by atoms with van der Waals surface area (Å²) in [6, 6.07) is 0. The van der Waals surface area contributed by atoms with Crippen LogP contribution in [0.15, 0.2) is 0 Å². The predicted octanol–water partition coefficient (Wildman–Crippen LogP) is -0.683. The van der Waals surface area contributed by atoms with Gasteiger partial charge in [0.1, 0.15) is 0 Å². The van der Waals surface area contributed by atoms with E-state index in [1.54, 1.807) is 0 Å². The summed E-state index contributed by atoms with van der Waals surface area (Å²) in [5.74, 6) is 0.640. The number of aliphatic hydroxyl groups excluding tert-OH is 4. The highest BCUT2D eigenvalue weighted by molar-refractivity contribution is 5.12. The molecule has 14 heavy (non-hydrogen) atoms. The zero-order chi connectivity index (χ0) is 10.6. The van der Waals surface area contributed by atoms with Crippen LogP contribution in [0.5, 0.6) is 0 Å². The van der Waals surface area contributed by atoms with Crippen LogP contribution in [0.4, 0.5) is 0 Å². The van der Waals surface area contributed by atoms with Crippen molar-refractivity contribution in [3.63, 3.8) is 0 Å². The van der Waals surface area contributed by atoms with Crippen LogP contribution in [-0.4, -0.2) is 46.9 Å². The summed E-state index contributed by atoms with van der Waals surface area (Å²) in [7, 11) is 0. The largest absolute Gasteiger partial charge is 0.396 e. The van der Waals surface area contributed by atoms with Crippen molar-refractivity contribution in [3.05, 3.63) is 5.92 Å². The Labute approximate surface area is 84.2 Å². The molecule has 1 rings (SSSR count). The van der Waals surface area contributed by atoms with Gasteiger partial charge in [-0.2, -0.15) is 0 Å². The third-order valence-corrected chi connectivity index (χ3v) is 3.49. The van der Waals surface area contributed by atoms with E-state index in [9.17, 15) is 15.3 Å². The van der Waals surface area contributed by atoms with Crippen LogP contribution in [0, 0.1) is 17.3 Å². The van der Waals surface area contributed by atoms with Crippen molar-refractivity contribution in [2.45, 2.75) is 19.3 Å². The van der Waals surface area contributed by atoms with E-state index >= 15 is 0 Å². The van der Waals surface area contributed by atoms with Crippen molar-refractivity contribution in [3.8, 4) is 0 Å². The zero-order valence-corrected chi connectivity index (χ0v) is 8.32. The van der Waals surface area contributed by atoms with Gasteiger partial charge in [-0.15, -0.1) is 0 Å². The van der Waals surface area contributed by atoms with E-state index in [0.29, 0.717) is 0 Å². The Morgan fingerprint density at radius 3 is 2.21 bits per heavy atom. The first-order chi connectivity index (χ1) is 6.75. The highest BCUT2D eigenvalue weighted by atomic mass is 16.3. The number of rotatable bonds is 4. The number of hydrogen-bond acceptors (Lipinski definition) is 4. The first kappa shape index (κ1) is 11.9. The van der Waals surface area contributed by atoms with Gasteiger partial charge in [-0.3, -0.25) is 0 Å². The maximum Gasteiger partial charge on any atom is 0.0519 e. The van der Waals surface area contributed by atoms with E-state index in [4.69, 9.17) is 5.11 Å². The summed E-state index contributed by atoms with van der Waals surface area (Å²) in [6.07, 6.45) is 2.43. The maximum absolute atomic E-state index is 9.34. The lowest BCUT2D eigenvalue weighted by atomic mass is 9.61. The molecule has 4 nitrogen and oxygen atoms in total. The second-order valence-electron chi connectivity index (χ2n) is 4.01. The van der Waals surface area contributed by atoms with Crippen molar-refractivity contribution in [1.29, 1.82) is 0 Å². The summed E-state index contributed by atoms with van der Waals surface area (Å²) in [5, 5.41) is 37.0. The summed E-state index contributed by atoms with van der Waals surface area (Å²) in [5.41, 5.74) is -0.776. The molecule has 83 valence electrons. The number of aliphatic hydroxyl groups is 4. The Kier molecular flexibility index (Phi) is 4.31. The molecule has 1 fully saturated rings. The van der Waals surface area contributed by atoms with Crippen molar-refractivity contribution in [2.75, 3.05) is 26.4 Å². The van der Waals surface area contributed by atoms with Gasteiger partial charge in [0.2, 0.25) is 0 Å². The molecule has 1 atom stereocenters. The molecule has 4 heteroatoms. The molecule has 0 amide bonds. The molecule has 1 aliphatic carbocycles. The summed E-state index contributed by atoms with van der Waals surface area (Å²) >= 11 is 0. The van der Waals surface area contributed by atoms with E-state index in [0.717, 1.165) is 25.2 Å². The van der Waals surface area contributed by atoms with Gasteiger partial charge in [-0.1, -0.05) is 6.42 Å². The molecule has 0 aromatic heterocycles. The Morgan fingerprint density at radius 1 is 1.14 bits per heavy atom. The van der Waals surface area contributed by atoms with Crippen molar-refractivity contribution in [2.24, 2.45) is 11.3 Å². The van der Waals surface area contributed by atoms with E-state index in [2.05, 4.69) is 0 Å². The van der Waals surface area contributed by atoms with Crippen LogP contribution in [0.25, 0.3) is 0 Å². The van der Waals surface area contributed by atoms with E-state index < -0.39 is 5.41 Å². The summed E-state index contributed by atoms with van der Waals surface area (Å²) < 4.78 is 0. The minimum atomic E-state index is -0.776.